The highest BCUT2D eigenvalue weighted by atomic mass is 16.5. The van der Waals surface area contributed by atoms with E-state index < -0.39 is 0 Å². The summed E-state index contributed by atoms with van der Waals surface area (Å²) in [5, 5.41) is 0. The van der Waals surface area contributed by atoms with Gasteiger partial charge in [-0.05, 0) is 45.3 Å². The van der Waals surface area contributed by atoms with E-state index in [1.165, 1.54) is 135 Å². The van der Waals surface area contributed by atoms with E-state index in [4.69, 9.17) is 4.74 Å². The van der Waals surface area contributed by atoms with Gasteiger partial charge in [-0.3, -0.25) is 0 Å². The first-order valence-electron chi connectivity index (χ1n) is 13.1. The van der Waals surface area contributed by atoms with Gasteiger partial charge in [-0.2, -0.15) is 0 Å². The molecule has 0 heterocycles. The van der Waals surface area contributed by atoms with E-state index in [2.05, 4.69) is 25.7 Å². The fourth-order valence-electron chi connectivity index (χ4n) is 3.88. The van der Waals surface area contributed by atoms with Crippen LogP contribution in [0, 0.1) is 0 Å². The van der Waals surface area contributed by atoms with E-state index in [0.717, 1.165) is 13.2 Å². The van der Waals surface area contributed by atoms with Crippen LogP contribution in [-0.2, 0) is 4.74 Å². The van der Waals surface area contributed by atoms with E-state index in [1.54, 1.807) is 0 Å². The zero-order valence-corrected chi connectivity index (χ0v) is 20.1. The maximum absolute atomic E-state index is 5.78. The molecule has 2 heteroatoms. The van der Waals surface area contributed by atoms with Crippen LogP contribution in [0.1, 0.15) is 136 Å². The Labute approximate surface area is 179 Å². The van der Waals surface area contributed by atoms with Gasteiger partial charge in [0.15, 0.2) is 0 Å². The Kier molecular flexibility index (Phi) is 24.9. The van der Waals surface area contributed by atoms with Crippen LogP contribution in [0.2, 0.25) is 0 Å². The predicted octanol–water partition coefficient (Wildman–Crippen LogP) is 8.39. The SMILES string of the molecule is CCCCCCCCOCCCCCCCCN(CC)CCCCCCCC. The first-order valence-corrected chi connectivity index (χ1v) is 13.1. The van der Waals surface area contributed by atoms with Gasteiger partial charge in [0.25, 0.3) is 0 Å². The first kappa shape index (κ1) is 27.9. The highest BCUT2D eigenvalue weighted by Crippen LogP contribution is 2.09. The Morgan fingerprint density at radius 1 is 0.429 bits per heavy atom. The van der Waals surface area contributed by atoms with Crippen molar-refractivity contribution in [2.45, 2.75) is 136 Å². The first-order chi connectivity index (χ1) is 13.8. The number of nitrogens with zero attached hydrogens (tertiary/aromatic N) is 1. The van der Waals surface area contributed by atoms with Crippen molar-refractivity contribution in [2.24, 2.45) is 0 Å². The van der Waals surface area contributed by atoms with E-state index in [-0.39, 0.29) is 0 Å². The van der Waals surface area contributed by atoms with Gasteiger partial charge in [0.05, 0.1) is 0 Å². The second kappa shape index (κ2) is 25.0. The van der Waals surface area contributed by atoms with Gasteiger partial charge in [-0.15, -0.1) is 0 Å². The van der Waals surface area contributed by atoms with Gasteiger partial charge in [-0.25, -0.2) is 0 Å². The molecule has 0 N–H and O–H groups in total. The zero-order valence-electron chi connectivity index (χ0n) is 20.1. The van der Waals surface area contributed by atoms with Crippen molar-refractivity contribution in [3.05, 3.63) is 0 Å². The third-order valence-electron chi connectivity index (χ3n) is 5.93. The summed E-state index contributed by atoms with van der Waals surface area (Å²) in [6.45, 7) is 12.7. The average molecular weight is 398 g/mol. The predicted molar refractivity (Wildman–Crippen MR) is 127 cm³/mol. The average Bonchev–Trinajstić information content (AvgIpc) is 2.71. The molecule has 0 rings (SSSR count). The summed E-state index contributed by atoms with van der Waals surface area (Å²) in [5.41, 5.74) is 0. The van der Waals surface area contributed by atoms with Gasteiger partial charge in [0, 0.05) is 13.2 Å². The van der Waals surface area contributed by atoms with Crippen molar-refractivity contribution in [3.63, 3.8) is 0 Å². The molecule has 28 heavy (non-hydrogen) atoms. The van der Waals surface area contributed by atoms with Gasteiger partial charge in [-0.1, -0.05) is 111 Å². The van der Waals surface area contributed by atoms with Crippen molar-refractivity contribution in [2.75, 3.05) is 32.8 Å². The topological polar surface area (TPSA) is 12.5 Å². The van der Waals surface area contributed by atoms with Gasteiger partial charge in [0.1, 0.15) is 0 Å². The molecule has 0 radical (unpaired) electrons. The van der Waals surface area contributed by atoms with Gasteiger partial charge in [0.2, 0.25) is 0 Å². The van der Waals surface area contributed by atoms with Crippen LogP contribution < -0.4 is 0 Å². The minimum absolute atomic E-state index is 0.983. The minimum atomic E-state index is 0.983. The molecule has 0 atom stereocenters. The second-order valence-electron chi connectivity index (χ2n) is 8.70. The van der Waals surface area contributed by atoms with Crippen molar-refractivity contribution in [1.29, 1.82) is 0 Å². The Bertz CT molecular complexity index is 269. The van der Waals surface area contributed by atoms with Crippen molar-refractivity contribution in [3.8, 4) is 0 Å². The van der Waals surface area contributed by atoms with Gasteiger partial charge < -0.3 is 9.64 Å². The fourth-order valence-corrected chi connectivity index (χ4v) is 3.88. The van der Waals surface area contributed by atoms with Crippen LogP contribution >= 0.6 is 0 Å². The Balaban J connectivity index is 3.22. The van der Waals surface area contributed by atoms with Crippen LogP contribution in [0.25, 0.3) is 0 Å². The number of hydrogen-bond acceptors (Lipinski definition) is 2. The fraction of sp³-hybridized carbons (Fsp3) is 1.00. The molecule has 0 unspecified atom stereocenters. The maximum Gasteiger partial charge on any atom is 0.0466 e. The molecule has 0 amide bonds. The van der Waals surface area contributed by atoms with E-state index in [1.807, 2.05) is 0 Å². The Hall–Kier alpha value is -0.0800. The van der Waals surface area contributed by atoms with E-state index in [0.29, 0.717) is 0 Å². The summed E-state index contributed by atoms with van der Waals surface area (Å²) >= 11 is 0. The van der Waals surface area contributed by atoms with Crippen LogP contribution in [-0.4, -0.2) is 37.7 Å². The highest BCUT2D eigenvalue weighted by Gasteiger charge is 2.02. The van der Waals surface area contributed by atoms with Crippen molar-refractivity contribution in [1.82, 2.24) is 4.90 Å². The Morgan fingerprint density at radius 3 is 1.18 bits per heavy atom. The number of unbranched alkanes of at least 4 members (excludes halogenated alkanes) is 15. The van der Waals surface area contributed by atoms with Crippen molar-refractivity contribution < 1.29 is 4.74 Å². The van der Waals surface area contributed by atoms with Crippen LogP contribution in [0.4, 0.5) is 0 Å². The molecular weight excluding hydrogens is 342 g/mol. The quantitative estimate of drug-likeness (QED) is 0.152. The lowest BCUT2D eigenvalue weighted by atomic mass is 10.1. The molecule has 0 spiro atoms. The standard InChI is InChI=1S/C26H55NO/c1-4-7-9-11-15-19-23-27(6-3)24-20-16-13-14-18-22-26-28-25-21-17-12-10-8-5-2/h4-26H2,1-3H3. The molecule has 0 saturated carbocycles. The molecule has 170 valence electrons. The molecule has 2 nitrogen and oxygen atoms in total. The third-order valence-corrected chi connectivity index (χ3v) is 5.93. The molecule has 0 aromatic carbocycles. The molecule has 0 saturated heterocycles. The second-order valence-corrected chi connectivity index (χ2v) is 8.70. The van der Waals surface area contributed by atoms with Crippen molar-refractivity contribution >= 4 is 0 Å². The molecular formula is C26H55NO. The third kappa shape index (κ3) is 22.2. The summed E-state index contributed by atoms with van der Waals surface area (Å²) in [7, 11) is 0. The molecule has 0 aliphatic heterocycles. The van der Waals surface area contributed by atoms with E-state index in [9.17, 15) is 0 Å². The van der Waals surface area contributed by atoms with E-state index >= 15 is 0 Å². The maximum atomic E-state index is 5.78. The highest BCUT2D eigenvalue weighted by molar-refractivity contribution is 4.57. The largest absolute Gasteiger partial charge is 0.381 e. The number of rotatable bonds is 24. The molecule has 0 bridgehead atoms. The zero-order chi connectivity index (χ0) is 20.5. The summed E-state index contributed by atoms with van der Waals surface area (Å²) in [6.07, 6.45) is 24.8. The summed E-state index contributed by atoms with van der Waals surface area (Å²) in [4.78, 5) is 2.66. The lowest BCUT2D eigenvalue weighted by Gasteiger charge is -2.20. The molecule has 0 aromatic heterocycles. The summed E-state index contributed by atoms with van der Waals surface area (Å²) in [5.74, 6) is 0. The smallest absolute Gasteiger partial charge is 0.0466 e. The van der Waals surface area contributed by atoms with Crippen LogP contribution in [0.3, 0.4) is 0 Å². The molecule has 0 aromatic rings. The monoisotopic (exact) mass is 397 g/mol. The molecule has 0 aliphatic carbocycles. The molecule has 0 fully saturated rings. The molecule has 0 aliphatic rings. The Morgan fingerprint density at radius 2 is 0.786 bits per heavy atom. The lowest BCUT2D eigenvalue weighted by Crippen LogP contribution is -2.25. The minimum Gasteiger partial charge on any atom is -0.381 e. The lowest BCUT2D eigenvalue weighted by molar-refractivity contribution is 0.125. The van der Waals surface area contributed by atoms with Crippen LogP contribution in [0.15, 0.2) is 0 Å². The summed E-state index contributed by atoms with van der Waals surface area (Å²) < 4.78 is 5.78. The van der Waals surface area contributed by atoms with Gasteiger partial charge >= 0.3 is 0 Å². The number of ether oxygens (including phenoxy) is 1. The normalized spacial score (nSPS) is 11.6. The summed E-state index contributed by atoms with van der Waals surface area (Å²) in [6, 6.07) is 0. The number of hydrogen-bond donors (Lipinski definition) is 0. The van der Waals surface area contributed by atoms with Crippen LogP contribution in [0.5, 0.6) is 0 Å².